The number of rotatable bonds is 4. The average Bonchev–Trinajstić information content (AvgIpc) is 2.25. The number of carbonyl (C=O) groups excluding carboxylic acids is 1. The minimum Gasteiger partial charge on any atom is -0.361 e. The molecular formula is C9H10ClF3N4O. The first-order valence-electron chi connectivity index (χ1n) is 4.95. The summed E-state index contributed by atoms with van der Waals surface area (Å²) in [7, 11) is 0. The van der Waals surface area contributed by atoms with E-state index in [-0.39, 0.29) is 23.4 Å². The topological polar surface area (TPSA) is 66.9 Å². The van der Waals surface area contributed by atoms with E-state index in [1.54, 1.807) is 6.92 Å². The number of hydrogen-bond donors (Lipinski definition) is 2. The summed E-state index contributed by atoms with van der Waals surface area (Å²) in [4.78, 5) is 17.4. The molecule has 0 aromatic carbocycles. The van der Waals surface area contributed by atoms with E-state index in [2.05, 4.69) is 20.6 Å². The van der Waals surface area contributed by atoms with Crippen molar-refractivity contribution in [3.8, 4) is 0 Å². The van der Waals surface area contributed by atoms with Crippen molar-refractivity contribution in [1.82, 2.24) is 15.3 Å². The standard InChI is InChI=1S/C9H10ClF3N4O/c1-2-14-7(18)4-15-6-3-5(10)16-8(17-6)9(11,12)13/h3H,2,4H2,1H3,(H,14,18)(H,15,16,17). The molecule has 100 valence electrons. The van der Waals surface area contributed by atoms with E-state index in [1.165, 1.54) is 0 Å². The smallest absolute Gasteiger partial charge is 0.361 e. The zero-order valence-electron chi connectivity index (χ0n) is 9.31. The van der Waals surface area contributed by atoms with Gasteiger partial charge in [-0.2, -0.15) is 13.2 Å². The molecule has 0 saturated carbocycles. The maximum absolute atomic E-state index is 12.4. The van der Waals surface area contributed by atoms with Gasteiger partial charge in [0.2, 0.25) is 11.7 Å². The lowest BCUT2D eigenvalue weighted by molar-refractivity contribution is -0.144. The van der Waals surface area contributed by atoms with Gasteiger partial charge >= 0.3 is 6.18 Å². The van der Waals surface area contributed by atoms with Gasteiger partial charge in [0.05, 0.1) is 6.54 Å². The summed E-state index contributed by atoms with van der Waals surface area (Å²) >= 11 is 5.44. The highest BCUT2D eigenvalue weighted by Crippen LogP contribution is 2.28. The number of anilines is 1. The molecule has 2 N–H and O–H groups in total. The summed E-state index contributed by atoms with van der Waals surface area (Å²) in [5.41, 5.74) is 0. The van der Waals surface area contributed by atoms with Gasteiger partial charge in [-0.3, -0.25) is 4.79 Å². The summed E-state index contributed by atoms with van der Waals surface area (Å²) in [5, 5.41) is 4.56. The highest BCUT2D eigenvalue weighted by molar-refractivity contribution is 6.29. The van der Waals surface area contributed by atoms with Gasteiger partial charge in [-0.25, -0.2) is 9.97 Å². The number of carbonyl (C=O) groups is 1. The molecule has 0 aliphatic rings. The van der Waals surface area contributed by atoms with Gasteiger partial charge in [-0.05, 0) is 6.92 Å². The van der Waals surface area contributed by atoms with Crippen LogP contribution in [0.3, 0.4) is 0 Å². The van der Waals surface area contributed by atoms with Crippen molar-refractivity contribution in [3.63, 3.8) is 0 Å². The lowest BCUT2D eigenvalue weighted by atomic mass is 10.5. The predicted octanol–water partition coefficient (Wildman–Crippen LogP) is 1.70. The predicted molar refractivity (Wildman–Crippen MR) is 59.2 cm³/mol. The molecule has 0 bridgehead atoms. The number of halogens is 4. The van der Waals surface area contributed by atoms with Crippen LogP contribution in [0.2, 0.25) is 5.15 Å². The third kappa shape index (κ3) is 4.36. The monoisotopic (exact) mass is 282 g/mol. The molecule has 1 rings (SSSR count). The molecule has 18 heavy (non-hydrogen) atoms. The fourth-order valence-corrected chi connectivity index (χ4v) is 1.25. The summed E-state index contributed by atoms with van der Waals surface area (Å²) < 4.78 is 37.1. The van der Waals surface area contributed by atoms with Gasteiger partial charge < -0.3 is 10.6 Å². The number of hydrogen-bond acceptors (Lipinski definition) is 4. The summed E-state index contributed by atoms with van der Waals surface area (Å²) in [5.74, 6) is -1.87. The number of amides is 1. The number of aromatic nitrogens is 2. The molecule has 0 saturated heterocycles. The molecule has 0 fully saturated rings. The van der Waals surface area contributed by atoms with Gasteiger partial charge in [0.15, 0.2) is 0 Å². The molecule has 0 aliphatic carbocycles. The Balaban J connectivity index is 2.78. The van der Waals surface area contributed by atoms with Crippen LogP contribution in [-0.2, 0) is 11.0 Å². The Morgan fingerprint density at radius 3 is 2.67 bits per heavy atom. The Labute approximate surface area is 106 Å². The fourth-order valence-electron chi connectivity index (χ4n) is 1.07. The van der Waals surface area contributed by atoms with Gasteiger partial charge in [-0.15, -0.1) is 0 Å². The van der Waals surface area contributed by atoms with Crippen molar-refractivity contribution < 1.29 is 18.0 Å². The molecule has 9 heteroatoms. The lowest BCUT2D eigenvalue weighted by Crippen LogP contribution is -2.29. The number of alkyl halides is 3. The van der Waals surface area contributed by atoms with Gasteiger partial charge in [0.25, 0.3) is 0 Å². The van der Waals surface area contributed by atoms with Crippen LogP contribution in [0.5, 0.6) is 0 Å². The SMILES string of the molecule is CCNC(=O)CNc1cc(Cl)nc(C(F)(F)F)n1. The molecule has 1 heterocycles. The number of nitrogens with one attached hydrogen (secondary N) is 2. The van der Waals surface area contributed by atoms with Crippen molar-refractivity contribution >= 4 is 23.3 Å². The maximum Gasteiger partial charge on any atom is 0.451 e. The first kappa shape index (κ1) is 14.5. The van der Waals surface area contributed by atoms with Crippen molar-refractivity contribution in [1.29, 1.82) is 0 Å². The van der Waals surface area contributed by atoms with Crippen LogP contribution >= 0.6 is 11.6 Å². The quantitative estimate of drug-likeness (QED) is 0.825. The average molecular weight is 283 g/mol. The zero-order valence-corrected chi connectivity index (χ0v) is 10.1. The molecule has 0 atom stereocenters. The second kappa shape index (κ2) is 5.85. The Hall–Kier alpha value is -1.57. The van der Waals surface area contributed by atoms with Crippen LogP contribution in [0.1, 0.15) is 12.7 Å². The van der Waals surface area contributed by atoms with Crippen LogP contribution in [0, 0.1) is 0 Å². The molecule has 0 unspecified atom stereocenters. The van der Waals surface area contributed by atoms with Crippen molar-refractivity contribution in [2.75, 3.05) is 18.4 Å². The molecule has 0 radical (unpaired) electrons. The van der Waals surface area contributed by atoms with Crippen LogP contribution in [0.4, 0.5) is 19.0 Å². The molecular weight excluding hydrogens is 273 g/mol. The van der Waals surface area contributed by atoms with E-state index in [9.17, 15) is 18.0 Å². The Kier molecular flexibility index (Phi) is 4.71. The summed E-state index contributed by atoms with van der Waals surface area (Å²) in [6, 6.07) is 1.11. The van der Waals surface area contributed by atoms with Crippen LogP contribution in [-0.4, -0.2) is 29.0 Å². The Bertz CT molecular complexity index is 438. The second-order valence-electron chi connectivity index (χ2n) is 3.20. The van der Waals surface area contributed by atoms with Crippen LogP contribution < -0.4 is 10.6 Å². The van der Waals surface area contributed by atoms with E-state index >= 15 is 0 Å². The number of nitrogens with zero attached hydrogens (tertiary/aromatic N) is 2. The molecule has 0 aliphatic heterocycles. The van der Waals surface area contributed by atoms with E-state index in [0.717, 1.165) is 6.07 Å². The third-order valence-corrected chi connectivity index (χ3v) is 1.95. The van der Waals surface area contributed by atoms with Gasteiger partial charge in [-0.1, -0.05) is 11.6 Å². The Morgan fingerprint density at radius 2 is 2.11 bits per heavy atom. The highest BCUT2D eigenvalue weighted by atomic mass is 35.5. The van der Waals surface area contributed by atoms with E-state index < -0.39 is 12.0 Å². The fraction of sp³-hybridized carbons (Fsp3) is 0.444. The van der Waals surface area contributed by atoms with E-state index in [4.69, 9.17) is 11.6 Å². The van der Waals surface area contributed by atoms with Gasteiger partial charge in [0, 0.05) is 12.6 Å². The van der Waals surface area contributed by atoms with Crippen molar-refractivity contribution in [2.24, 2.45) is 0 Å². The lowest BCUT2D eigenvalue weighted by Gasteiger charge is -2.09. The summed E-state index contributed by atoms with van der Waals surface area (Å²) in [6.07, 6.45) is -4.69. The Morgan fingerprint density at radius 1 is 1.44 bits per heavy atom. The van der Waals surface area contributed by atoms with Crippen LogP contribution in [0.15, 0.2) is 6.07 Å². The first-order chi connectivity index (χ1) is 8.32. The minimum atomic E-state index is -4.69. The molecule has 1 amide bonds. The zero-order chi connectivity index (χ0) is 13.8. The van der Waals surface area contributed by atoms with Crippen molar-refractivity contribution in [3.05, 3.63) is 17.0 Å². The molecule has 0 spiro atoms. The largest absolute Gasteiger partial charge is 0.451 e. The minimum absolute atomic E-state index is 0.159. The second-order valence-corrected chi connectivity index (χ2v) is 3.59. The third-order valence-electron chi connectivity index (χ3n) is 1.75. The number of likely N-dealkylation sites (N-methyl/N-ethyl adjacent to an activating group) is 1. The van der Waals surface area contributed by atoms with Crippen LogP contribution in [0.25, 0.3) is 0 Å². The van der Waals surface area contributed by atoms with E-state index in [1.807, 2.05) is 0 Å². The summed E-state index contributed by atoms with van der Waals surface area (Å²) in [6.45, 7) is 1.96. The highest BCUT2D eigenvalue weighted by Gasteiger charge is 2.35. The van der Waals surface area contributed by atoms with Crippen molar-refractivity contribution in [2.45, 2.75) is 13.1 Å². The molecule has 1 aromatic rings. The maximum atomic E-state index is 12.4. The first-order valence-corrected chi connectivity index (χ1v) is 5.33. The molecule has 5 nitrogen and oxygen atoms in total. The van der Waals surface area contributed by atoms with Gasteiger partial charge in [0.1, 0.15) is 11.0 Å². The normalized spacial score (nSPS) is 11.2. The molecule has 1 aromatic heterocycles. The van der Waals surface area contributed by atoms with E-state index in [0.29, 0.717) is 6.54 Å².